The summed E-state index contributed by atoms with van der Waals surface area (Å²) in [4.78, 5) is 24.5. The summed E-state index contributed by atoms with van der Waals surface area (Å²) < 4.78 is 10.3. The van der Waals surface area contributed by atoms with E-state index in [1.54, 1.807) is 18.9 Å². The second kappa shape index (κ2) is 8.96. The quantitative estimate of drug-likeness (QED) is 0.682. The molecule has 1 aromatic carbocycles. The zero-order valence-corrected chi connectivity index (χ0v) is 12.0. The van der Waals surface area contributed by atoms with Crippen molar-refractivity contribution in [2.75, 3.05) is 26.8 Å². The normalized spacial score (nSPS) is 9.90. The Kier molecular flexibility index (Phi) is 7.17. The fourth-order valence-electron chi connectivity index (χ4n) is 1.57. The third kappa shape index (κ3) is 6.22. The second-order valence-electron chi connectivity index (χ2n) is 4.28. The van der Waals surface area contributed by atoms with Crippen molar-refractivity contribution in [2.45, 2.75) is 19.8 Å². The van der Waals surface area contributed by atoms with E-state index in [-0.39, 0.29) is 24.7 Å². The Morgan fingerprint density at radius 3 is 2.50 bits per heavy atom. The molecule has 1 amide bonds. The third-order valence-corrected chi connectivity index (χ3v) is 2.71. The summed E-state index contributed by atoms with van der Waals surface area (Å²) in [6.45, 7) is 2.99. The summed E-state index contributed by atoms with van der Waals surface area (Å²) in [7, 11) is 1.70. The zero-order chi connectivity index (χ0) is 14.8. The van der Waals surface area contributed by atoms with Gasteiger partial charge in [-0.15, -0.1) is 0 Å². The van der Waals surface area contributed by atoms with E-state index in [2.05, 4.69) is 0 Å². The standard InChI is InChI=1S/C15H21NO4/c1-3-19-15(18)10-9-14(17)16(2)11-12-20-13-7-5-4-6-8-13/h4-8H,3,9-12H2,1-2H3. The number of hydrogen-bond donors (Lipinski definition) is 0. The number of benzene rings is 1. The van der Waals surface area contributed by atoms with Crippen molar-refractivity contribution in [1.29, 1.82) is 0 Å². The lowest BCUT2D eigenvalue weighted by Crippen LogP contribution is -2.31. The maximum Gasteiger partial charge on any atom is 0.306 e. The number of rotatable bonds is 8. The number of para-hydroxylation sites is 1. The summed E-state index contributed by atoms with van der Waals surface area (Å²) in [5, 5.41) is 0. The van der Waals surface area contributed by atoms with Gasteiger partial charge in [0.15, 0.2) is 0 Å². The molecule has 1 aromatic rings. The third-order valence-electron chi connectivity index (χ3n) is 2.71. The topological polar surface area (TPSA) is 55.8 Å². The molecule has 0 saturated heterocycles. The van der Waals surface area contributed by atoms with Crippen molar-refractivity contribution in [3.63, 3.8) is 0 Å². The van der Waals surface area contributed by atoms with E-state index in [1.807, 2.05) is 30.3 Å². The smallest absolute Gasteiger partial charge is 0.306 e. The highest BCUT2D eigenvalue weighted by Crippen LogP contribution is 2.08. The predicted molar refractivity (Wildman–Crippen MR) is 75.4 cm³/mol. The highest BCUT2D eigenvalue weighted by Gasteiger charge is 2.11. The minimum atomic E-state index is -0.338. The molecule has 5 heteroatoms. The van der Waals surface area contributed by atoms with E-state index in [0.29, 0.717) is 19.8 Å². The number of amides is 1. The van der Waals surface area contributed by atoms with E-state index >= 15 is 0 Å². The first-order valence-corrected chi connectivity index (χ1v) is 6.71. The molecule has 0 fully saturated rings. The number of esters is 1. The first-order valence-electron chi connectivity index (χ1n) is 6.71. The Balaban J connectivity index is 2.20. The van der Waals surface area contributed by atoms with Crippen LogP contribution in [0.2, 0.25) is 0 Å². The van der Waals surface area contributed by atoms with Gasteiger partial charge in [0.2, 0.25) is 5.91 Å². The van der Waals surface area contributed by atoms with E-state index in [0.717, 1.165) is 5.75 Å². The van der Waals surface area contributed by atoms with Crippen LogP contribution in [0.4, 0.5) is 0 Å². The average molecular weight is 279 g/mol. The van der Waals surface area contributed by atoms with E-state index in [1.165, 1.54) is 0 Å². The lowest BCUT2D eigenvalue weighted by molar-refractivity contribution is -0.145. The lowest BCUT2D eigenvalue weighted by Gasteiger charge is -2.17. The highest BCUT2D eigenvalue weighted by atomic mass is 16.5. The van der Waals surface area contributed by atoms with Crippen molar-refractivity contribution in [3.8, 4) is 5.75 Å². The second-order valence-corrected chi connectivity index (χ2v) is 4.28. The highest BCUT2D eigenvalue weighted by molar-refractivity contribution is 5.81. The molecule has 1 rings (SSSR count). The van der Waals surface area contributed by atoms with Crippen LogP contribution in [0.5, 0.6) is 5.75 Å². The number of carbonyl (C=O) groups is 2. The van der Waals surface area contributed by atoms with Crippen LogP contribution in [0, 0.1) is 0 Å². The summed E-state index contributed by atoms with van der Waals surface area (Å²) >= 11 is 0. The van der Waals surface area contributed by atoms with E-state index < -0.39 is 0 Å². The maximum atomic E-state index is 11.8. The van der Waals surface area contributed by atoms with Crippen molar-refractivity contribution in [1.82, 2.24) is 4.90 Å². The maximum absolute atomic E-state index is 11.8. The Morgan fingerprint density at radius 2 is 1.85 bits per heavy atom. The monoisotopic (exact) mass is 279 g/mol. The minimum Gasteiger partial charge on any atom is -0.492 e. The van der Waals surface area contributed by atoms with Crippen molar-refractivity contribution in [3.05, 3.63) is 30.3 Å². The summed E-state index contributed by atoms with van der Waals surface area (Å²) in [6.07, 6.45) is 0.289. The molecule has 0 aromatic heterocycles. The first kappa shape index (κ1) is 16.0. The van der Waals surface area contributed by atoms with Crippen LogP contribution in [0.15, 0.2) is 30.3 Å². The number of carbonyl (C=O) groups excluding carboxylic acids is 2. The van der Waals surface area contributed by atoms with Gasteiger partial charge in [-0.1, -0.05) is 18.2 Å². The molecule has 0 saturated carbocycles. The fourth-order valence-corrected chi connectivity index (χ4v) is 1.57. The van der Waals surface area contributed by atoms with Gasteiger partial charge in [-0.3, -0.25) is 9.59 Å². The van der Waals surface area contributed by atoms with Crippen molar-refractivity contribution in [2.24, 2.45) is 0 Å². The minimum absolute atomic E-state index is 0.0882. The summed E-state index contributed by atoms with van der Waals surface area (Å²) in [6, 6.07) is 9.43. The molecule has 0 aliphatic carbocycles. The molecular formula is C15H21NO4. The predicted octanol–water partition coefficient (Wildman–Crippen LogP) is 1.87. The zero-order valence-electron chi connectivity index (χ0n) is 12.0. The van der Waals surface area contributed by atoms with Crippen LogP contribution in [0.25, 0.3) is 0 Å². The van der Waals surface area contributed by atoms with Gasteiger partial charge in [0.1, 0.15) is 12.4 Å². The Bertz CT molecular complexity index is 419. The Hall–Kier alpha value is -2.04. The molecule has 0 spiro atoms. The van der Waals surface area contributed by atoms with Gasteiger partial charge in [0, 0.05) is 13.5 Å². The molecule has 0 N–H and O–H groups in total. The van der Waals surface area contributed by atoms with Crippen LogP contribution < -0.4 is 4.74 Å². The van der Waals surface area contributed by atoms with Crippen molar-refractivity contribution >= 4 is 11.9 Å². The Morgan fingerprint density at radius 1 is 1.15 bits per heavy atom. The number of ether oxygens (including phenoxy) is 2. The molecule has 0 bridgehead atoms. The molecule has 0 heterocycles. The lowest BCUT2D eigenvalue weighted by atomic mass is 10.3. The van der Waals surface area contributed by atoms with Gasteiger partial charge >= 0.3 is 5.97 Å². The van der Waals surface area contributed by atoms with Gasteiger partial charge in [-0.05, 0) is 19.1 Å². The van der Waals surface area contributed by atoms with Crippen LogP contribution in [0.3, 0.4) is 0 Å². The molecule has 0 unspecified atom stereocenters. The molecule has 5 nitrogen and oxygen atoms in total. The van der Waals surface area contributed by atoms with Crippen molar-refractivity contribution < 1.29 is 19.1 Å². The van der Waals surface area contributed by atoms with Crippen LogP contribution >= 0.6 is 0 Å². The van der Waals surface area contributed by atoms with Gasteiger partial charge in [0.25, 0.3) is 0 Å². The molecule has 0 atom stereocenters. The first-order chi connectivity index (χ1) is 9.63. The summed E-state index contributed by atoms with van der Waals surface area (Å²) in [5.74, 6) is 0.351. The van der Waals surface area contributed by atoms with E-state index in [4.69, 9.17) is 9.47 Å². The molecule has 0 radical (unpaired) electrons. The van der Waals surface area contributed by atoms with Crippen LogP contribution in [-0.4, -0.2) is 43.6 Å². The SMILES string of the molecule is CCOC(=O)CCC(=O)N(C)CCOc1ccccc1. The summed E-state index contributed by atoms with van der Waals surface area (Å²) in [5.41, 5.74) is 0. The average Bonchev–Trinajstić information content (AvgIpc) is 2.46. The van der Waals surface area contributed by atoms with Crippen LogP contribution in [-0.2, 0) is 14.3 Å². The van der Waals surface area contributed by atoms with Gasteiger partial charge < -0.3 is 14.4 Å². The molecule has 110 valence electrons. The largest absolute Gasteiger partial charge is 0.492 e. The van der Waals surface area contributed by atoms with Gasteiger partial charge in [-0.25, -0.2) is 0 Å². The molecule has 0 aliphatic heterocycles. The van der Waals surface area contributed by atoms with Gasteiger partial charge in [-0.2, -0.15) is 0 Å². The molecule has 0 aliphatic rings. The van der Waals surface area contributed by atoms with Gasteiger partial charge in [0.05, 0.1) is 19.6 Å². The molecule has 20 heavy (non-hydrogen) atoms. The Labute approximate surface area is 119 Å². The fraction of sp³-hybridized carbons (Fsp3) is 0.467. The molecular weight excluding hydrogens is 258 g/mol. The van der Waals surface area contributed by atoms with E-state index in [9.17, 15) is 9.59 Å². The van der Waals surface area contributed by atoms with Crippen LogP contribution in [0.1, 0.15) is 19.8 Å². The number of likely N-dealkylation sites (N-methyl/N-ethyl adjacent to an activating group) is 1. The number of hydrogen-bond acceptors (Lipinski definition) is 4. The number of nitrogens with zero attached hydrogens (tertiary/aromatic N) is 1.